The highest BCUT2D eigenvalue weighted by atomic mass is 16.5. The van der Waals surface area contributed by atoms with Crippen molar-refractivity contribution in [2.45, 2.75) is 25.5 Å². The molecule has 0 aliphatic carbocycles. The zero-order valence-electron chi connectivity index (χ0n) is 11.4. The third-order valence-electron chi connectivity index (χ3n) is 2.73. The summed E-state index contributed by atoms with van der Waals surface area (Å²) in [6.07, 6.45) is 1.62. The minimum absolute atomic E-state index is 0.376. The molecule has 0 saturated heterocycles. The highest BCUT2D eigenvalue weighted by molar-refractivity contribution is 5.86. The van der Waals surface area contributed by atoms with Crippen LogP contribution >= 0.6 is 0 Å². The van der Waals surface area contributed by atoms with Gasteiger partial charge in [0.25, 0.3) is 0 Å². The van der Waals surface area contributed by atoms with Crippen LogP contribution in [-0.2, 0) is 14.3 Å². The van der Waals surface area contributed by atoms with E-state index in [1.165, 1.54) is 0 Å². The highest BCUT2D eigenvalue weighted by Crippen LogP contribution is 2.13. The van der Waals surface area contributed by atoms with Gasteiger partial charge in [-0.15, -0.1) is 6.58 Å². The molecule has 0 heterocycles. The molecule has 0 aromatic heterocycles. The Kier molecular flexibility index (Phi) is 6.46. The molecule has 0 saturated carbocycles. The molecule has 5 nitrogen and oxygen atoms in total. The number of nitrogens with one attached hydrogen (secondary N) is 1. The Morgan fingerprint density at radius 2 is 2.05 bits per heavy atom. The normalized spacial score (nSPS) is 13.2. The Balaban J connectivity index is 2.64. The molecule has 20 heavy (non-hydrogen) atoms. The van der Waals surface area contributed by atoms with Crippen LogP contribution in [-0.4, -0.2) is 29.7 Å². The minimum Gasteiger partial charge on any atom is -0.479 e. The van der Waals surface area contributed by atoms with Gasteiger partial charge in [0.05, 0.1) is 6.61 Å². The van der Waals surface area contributed by atoms with Crippen molar-refractivity contribution in [2.75, 3.05) is 6.61 Å². The molecule has 0 aliphatic heterocycles. The summed E-state index contributed by atoms with van der Waals surface area (Å²) in [6, 6.07) is 7.47. The van der Waals surface area contributed by atoms with Gasteiger partial charge in [0.2, 0.25) is 5.91 Å². The molecule has 108 valence electrons. The lowest BCUT2D eigenvalue weighted by molar-refractivity contribution is -0.144. The Morgan fingerprint density at radius 3 is 2.60 bits per heavy atom. The van der Waals surface area contributed by atoms with E-state index in [0.29, 0.717) is 18.6 Å². The Bertz CT molecular complexity index is 458. The first-order valence-corrected chi connectivity index (χ1v) is 6.37. The first-order valence-electron chi connectivity index (χ1n) is 6.37. The summed E-state index contributed by atoms with van der Waals surface area (Å²) in [5.41, 5.74) is 0.520. The van der Waals surface area contributed by atoms with Crippen molar-refractivity contribution in [1.82, 2.24) is 5.32 Å². The van der Waals surface area contributed by atoms with E-state index in [-0.39, 0.29) is 0 Å². The van der Waals surface area contributed by atoms with E-state index >= 15 is 0 Å². The zero-order valence-corrected chi connectivity index (χ0v) is 11.4. The fraction of sp³-hybridized carbons (Fsp3) is 0.333. The summed E-state index contributed by atoms with van der Waals surface area (Å²) in [4.78, 5) is 23.1. The second kappa shape index (κ2) is 8.12. The van der Waals surface area contributed by atoms with Gasteiger partial charge in [0.1, 0.15) is 6.10 Å². The molecule has 0 fully saturated rings. The number of carbonyl (C=O) groups excluding carboxylic acids is 1. The molecular weight excluding hydrogens is 258 g/mol. The maximum Gasteiger partial charge on any atom is 0.330 e. The predicted octanol–water partition coefficient (Wildman–Crippen LogP) is 1.91. The average molecular weight is 277 g/mol. The number of benzene rings is 1. The molecule has 2 atom stereocenters. The minimum atomic E-state index is -1.11. The van der Waals surface area contributed by atoms with Gasteiger partial charge in [0, 0.05) is 0 Å². The van der Waals surface area contributed by atoms with E-state index < -0.39 is 24.0 Å². The van der Waals surface area contributed by atoms with Crippen LogP contribution in [0.4, 0.5) is 0 Å². The molecule has 1 amide bonds. The SMILES string of the molecule is C=CCCOC(C)C(=O)N[C@@H](C(=O)O)c1ccccc1. The molecule has 0 radical (unpaired) electrons. The molecular formula is C15H19NO4. The Hall–Kier alpha value is -2.14. The number of rotatable bonds is 8. The van der Waals surface area contributed by atoms with E-state index in [1.54, 1.807) is 43.3 Å². The summed E-state index contributed by atoms with van der Waals surface area (Å²) in [7, 11) is 0. The van der Waals surface area contributed by atoms with Crippen LogP contribution in [0, 0.1) is 0 Å². The quantitative estimate of drug-likeness (QED) is 0.562. The summed E-state index contributed by atoms with van der Waals surface area (Å²) >= 11 is 0. The largest absolute Gasteiger partial charge is 0.479 e. The van der Waals surface area contributed by atoms with Crippen molar-refractivity contribution in [3.05, 3.63) is 48.6 Å². The molecule has 0 bridgehead atoms. The first kappa shape index (κ1) is 15.9. The predicted molar refractivity (Wildman–Crippen MR) is 75.2 cm³/mol. The lowest BCUT2D eigenvalue weighted by atomic mass is 10.1. The lowest BCUT2D eigenvalue weighted by Crippen LogP contribution is -2.40. The molecule has 1 aromatic carbocycles. The summed E-state index contributed by atoms with van der Waals surface area (Å²) in [6.45, 7) is 5.52. The maximum atomic E-state index is 11.9. The van der Waals surface area contributed by atoms with Crippen molar-refractivity contribution in [2.24, 2.45) is 0 Å². The summed E-state index contributed by atoms with van der Waals surface area (Å²) < 4.78 is 5.28. The zero-order chi connectivity index (χ0) is 15.0. The number of carbonyl (C=O) groups is 2. The number of ether oxygens (including phenoxy) is 1. The molecule has 1 aromatic rings. The summed E-state index contributed by atoms with van der Waals surface area (Å²) in [5.74, 6) is -1.56. The first-order chi connectivity index (χ1) is 9.56. The van der Waals surface area contributed by atoms with E-state index in [0.717, 1.165) is 0 Å². The fourth-order valence-electron chi connectivity index (χ4n) is 1.60. The van der Waals surface area contributed by atoms with E-state index in [1.807, 2.05) is 0 Å². The highest BCUT2D eigenvalue weighted by Gasteiger charge is 2.24. The van der Waals surface area contributed by atoms with Crippen LogP contribution in [0.5, 0.6) is 0 Å². The van der Waals surface area contributed by atoms with E-state index in [4.69, 9.17) is 4.74 Å². The fourth-order valence-corrected chi connectivity index (χ4v) is 1.60. The third kappa shape index (κ3) is 4.85. The molecule has 2 N–H and O–H groups in total. The van der Waals surface area contributed by atoms with Crippen LogP contribution in [0.3, 0.4) is 0 Å². The van der Waals surface area contributed by atoms with Crippen molar-refractivity contribution >= 4 is 11.9 Å². The van der Waals surface area contributed by atoms with Gasteiger partial charge in [-0.25, -0.2) is 4.79 Å². The van der Waals surface area contributed by atoms with Crippen molar-refractivity contribution < 1.29 is 19.4 Å². The van der Waals surface area contributed by atoms with Crippen LogP contribution in [0.1, 0.15) is 24.9 Å². The summed E-state index contributed by atoms with van der Waals surface area (Å²) in [5, 5.41) is 11.7. The second-order valence-corrected chi connectivity index (χ2v) is 4.28. The Labute approximate surface area is 118 Å². The van der Waals surface area contributed by atoms with Gasteiger partial charge in [-0.3, -0.25) is 4.79 Å². The van der Waals surface area contributed by atoms with Gasteiger partial charge >= 0.3 is 5.97 Å². The molecule has 0 spiro atoms. The van der Waals surface area contributed by atoms with E-state index in [2.05, 4.69) is 11.9 Å². The van der Waals surface area contributed by atoms with Gasteiger partial charge < -0.3 is 15.2 Å². The Morgan fingerprint density at radius 1 is 1.40 bits per heavy atom. The standard InChI is InChI=1S/C15H19NO4/c1-3-4-10-20-11(2)14(17)16-13(15(18)19)12-8-6-5-7-9-12/h3,5-9,11,13H,1,4,10H2,2H3,(H,16,17)(H,18,19)/t11?,13-/m1/s1. The van der Waals surface area contributed by atoms with Crippen LogP contribution < -0.4 is 5.32 Å². The van der Waals surface area contributed by atoms with Crippen molar-refractivity contribution in [3.63, 3.8) is 0 Å². The number of aliphatic carboxylic acids is 1. The van der Waals surface area contributed by atoms with Gasteiger partial charge in [0.15, 0.2) is 6.04 Å². The van der Waals surface area contributed by atoms with Crippen molar-refractivity contribution in [3.8, 4) is 0 Å². The van der Waals surface area contributed by atoms with Gasteiger partial charge in [-0.1, -0.05) is 36.4 Å². The number of hydrogen-bond acceptors (Lipinski definition) is 3. The number of carboxylic acids is 1. The van der Waals surface area contributed by atoms with Crippen molar-refractivity contribution in [1.29, 1.82) is 0 Å². The monoisotopic (exact) mass is 277 g/mol. The second-order valence-electron chi connectivity index (χ2n) is 4.28. The number of hydrogen-bond donors (Lipinski definition) is 2. The van der Waals surface area contributed by atoms with Crippen LogP contribution in [0.25, 0.3) is 0 Å². The number of carboxylic acid groups (broad SMARTS) is 1. The van der Waals surface area contributed by atoms with Gasteiger partial charge in [-0.05, 0) is 18.9 Å². The molecule has 1 unspecified atom stereocenters. The van der Waals surface area contributed by atoms with E-state index in [9.17, 15) is 14.7 Å². The number of amides is 1. The lowest BCUT2D eigenvalue weighted by Gasteiger charge is -2.18. The molecule has 5 heteroatoms. The molecule has 0 aliphatic rings. The van der Waals surface area contributed by atoms with Gasteiger partial charge in [-0.2, -0.15) is 0 Å². The molecule has 1 rings (SSSR count). The topological polar surface area (TPSA) is 75.6 Å². The maximum absolute atomic E-state index is 11.9. The average Bonchev–Trinajstić information content (AvgIpc) is 2.45. The van der Waals surface area contributed by atoms with Crippen LogP contribution in [0.15, 0.2) is 43.0 Å². The third-order valence-corrected chi connectivity index (χ3v) is 2.73. The smallest absolute Gasteiger partial charge is 0.330 e. The van der Waals surface area contributed by atoms with Crippen LogP contribution in [0.2, 0.25) is 0 Å².